The van der Waals surface area contributed by atoms with E-state index in [1.54, 1.807) is 0 Å². The van der Waals surface area contributed by atoms with Crippen LogP contribution in [0.3, 0.4) is 0 Å². The Balaban J connectivity index is 1.98. The van der Waals surface area contributed by atoms with Crippen molar-refractivity contribution >= 4 is 0 Å². The lowest BCUT2D eigenvalue weighted by Crippen LogP contribution is -2.23. The zero-order chi connectivity index (χ0) is 14.1. The molecule has 1 saturated carbocycles. The van der Waals surface area contributed by atoms with Crippen molar-refractivity contribution in [3.8, 4) is 0 Å². The summed E-state index contributed by atoms with van der Waals surface area (Å²) in [4.78, 5) is 0. The lowest BCUT2D eigenvalue weighted by atomic mass is 10.0. The van der Waals surface area contributed by atoms with Crippen molar-refractivity contribution < 1.29 is 17.6 Å². The molecule has 0 aromatic heterocycles. The molecule has 0 atom stereocenters. The standard InChI is InChI=1S/C14H17F4N/c1-2-13(3-4-13)9-19-8-10-5-11(14(16,17)18)7-12(15)6-10/h5-7,19H,2-4,8-9H2,1H3. The van der Waals surface area contributed by atoms with Crippen molar-refractivity contribution in [3.63, 3.8) is 0 Å². The maximum absolute atomic E-state index is 13.2. The minimum atomic E-state index is -4.50. The molecule has 106 valence electrons. The van der Waals surface area contributed by atoms with Crippen LogP contribution in [0.15, 0.2) is 18.2 Å². The molecule has 0 aliphatic heterocycles. The van der Waals surface area contributed by atoms with Gasteiger partial charge in [-0.3, -0.25) is 0 Å². The molecule has 1 N–H and O–H groups in total. The Morgan fingerprint density at radius 1 is 1.21 bits per heavy atom. The van der Waals surface area contributed by atoms with E-state index in [1.165, 1.54) is 0 Å². The van der Waals surface area contributed by atoms with Crippen LogP contribution >= 0.6 is 0 Å². The Kier molecular flexibility index (Phi) is 3.85. The summed E-state index contributed by atoms with van der Waals surface area (Å²) in [6, 6.07) is 2.67. The molecular formula is C14H17F4N. The van der Waals surface area contributed by atoms with Crippen molar-refractivity contribution in [2.75, 3.05) is 6.54 Å². The first-order valence-corrected chi connectivity index (χ1v) is 6.42. The van der Waals surface area contributed by atoms with Crippen LogP contribution in [-0.2, 0) is 12.7 Å². The summed E-state index contributed by atoms with van der Waals surface area (Å²) in [5.41, 5.74) is -0.277. The molecule has 0 heterocycles. The number of hydrogen-bond acceptors (Lipinski definition) is 1. The Labute approximate surface area is 110 Å². The third-order valence-corrected chi connectivity index (χ3v) is 3.82. The molecule has 5 heteroatoms. The van der Waals surface area contributed by atoms with E-state index in [2.05, 4.69) is 12.2 Å². The lowest BCUT2D eigenvalue weighted by molar-refractivity contribution is -0.137. The van der Waals surface area contributed by atoms with Crippen LogP contribution < -0.4 is 5.32 Å². The fourth-order valence-electron chi connectivity index (χ4n) is 2.22. The van der Waals surface area contributed by atoms with Crippen molar-refractivity contribution in [1.29, 1.82) is 0 Å². The molecule has 1 aliphatic rings. The summed E-state index contributed by atoms with van der Waals surface area (Å²) < 4.78 is 50.8. The van der Waals surface area contributed by atoms with Crippen LogP contribution in [0.4, 0.5) is 17.6 Å². The normalized spacial score (nSPS) is 17.5. The van der Waals surface area contributed by atoms with Gasteiger partial charge >= 0.3 is 6.18 Å². The smallest absolute Gasteiger partial charge is 0.312 e. The second-order valence-electron chi connectivity index (χ2n) is 5.30. The molecule has 1 aromatic carbocycles. The second kappa shape index (κ2) is 5.12. The van der Waals surface area contributed by atoms with Gasteiger partial charge in [0, 0.05) is 13.1 Å². The molecule has 0 radical (unpaired) electrons. The van der Waals surface area contributed by atoms with Gasteiger partial charge in [-0.05, 0) is 48.4 Å². The SMILES string of the molecule is CCC1(CNCc2cc(F)cc(C(F)(F)F)c2)CC1. The van der Waals surface area contributed by atoms with Gasteiger partial charge < -0.3 is 5.32 Å². The number of hydrogen-bond donors (Lipinski definition) is 1. The summed E-state index contributed by atoms with van der Waals surface area (Å²) in [6.07, 6.45) is -1.12. The lowest BCUT2D eigenvalue weighted by Gasteiger charge is -2.14. The van der Waals surface area contributed by atoms with Crippen LogP contribution in [0.5, 0.6) is 0 Å². The van der Waals surface area contributed by atoms with Crippen molar-refractivity contribution in [1.82, 2.24) is 5.32 Å². The van der Waals surface area contributed by atoms with E-state index in [-0.39, 0.29) is 6.54 Å². The molecule has 0 unspecified atom stereocenters. The van der Waals surface area contributed by atoms with Crippen LogP contribution in [0, 0.1) is 11.2 Å². The van der Waals surface area contributed by atoms with Crippen molar-refractivity contribution in [2.24, 2.45) is 5.41 Å². The molecule has 0 amide bonds. The molecule has 19 heavy (non-hydrogen) atoms. The van der Waals surface area contributed by atoms with Gasteiger partial charge in [-0.1, -0.05) is 6.92 Å². The summed E-state index contributed by atoms with van der Waals surface area (Å²) in [5, 5.41) is 3.13. The van der Waals surface area contributed by atoms with Gasteiger partial charge in [-0.25, -0.2) is 4.39 Å². The summed E-state index contributed by atoms with van der Waals surface area (Å²) in [7, 11) is 0. The highest BCUT2D eigenvalue weighted by Gasteiger charge is 2.39. The summed E-state index contributed by atoms with van der Waals surface area (Å²) in [6.45, 7) is 3.16. The van der Waals surface area contributed by atoms with Gasteiger partial charge in [0.05, 0.1) is 5.56 Å². The summed E-state index contributed by atoms with van der Waals surface area (Å²) >= 11 is 0. The molecule has 0 spiro atoms. The van der Waals surface area contributed by atoms with E-state index in [9.17, 15) is 17.6 Å². The Morgan fingerprint density at radius 3 is 2.42 bits per heavy atom. The largest absolute Gasteiger partial charge is 0.416 e. The van der Waals surface area contributed by atoms with Gasteiger partial charge in [0.2, 0.25) is 0 Å². The van der Waals surface area contributed by atoms with Crippen LogP contribution in [0.1, 0.15) is 37.3 Å². The molecule has 2 rings (SSSR count). The topological polar surface area (TPSA) is 12.0 Å². The van der Waals surface area contributed by atoms with Crippen molar-refractivity contribution in [3.05, 3.63) is 35.1 Å². The molecule has 1 nitrogen and oxygen atoms in total. The Hall–Kier alpha value is -1.10. The van der Waals surface area contributed by atoms with Crippen LogP contribution in [0.25, 0.3) is 0 Å². The zero-order valence-electron chi connectivity index (χ0n) is 10.8. The number of halogens is 4. The molecule has 1 fully saturated rings. The van der Waals surface area contributed by atoms with Gasteiger partial charge in [0.1, 0.15) is 5.82 Å². The van der Waals surface area contributed by atoms with E-state index in [1.807, 2.05) is 0 Å². The van der Waals surface area contributed by atoms with E-state index in [4.69, 9.17) is 0 Å². The highest BCUT2D eigenvalue weighted by atomic mass is 19.4. The second-order valence-corrected chi connectivity index (χ2v) is 5.30. The zero-order valence-corrected chi connectivity index (χ0v) is 10.8. The van der Waals surface area contributed by atoms with E-state index in [0.717, 1.165) is 37.9 Å². The number of nitrogens with one attached hydrogen (secondary N) is 1. The quantitative estimate of drug-likeness (QED) is 0.797. The molecule has 1 aliphatic carbocycles. The van der Waals surface area contributed by atoms with Crippen molar-refractivity contribution in [2.45, 2.75) is 38.9 Å². The maximum Gasteiger partial charge on any atom is 0.416 e. The first-order valence-electron chi connectivity index (χ1n) is 6.42. The minimum absolute atomic E-state index is 0.266. The number of alkyl halides is 3. The van der Waals surface area contributed by atoms with Gasteiger partial charge in [-0.2, -0.15) is 13.2 Å². The van der Waals surface area contributed by atoms with Gasteiger partial charge in [-0.15, -0.1) is 0 Å². The van der Waals surface area contributed by atoms with Gasteiger partial charge in [0.25, 0.3) is 0 Å². The predicted molar refractivity (Wildman–Crippen MR) is 65.1 cm³/mol. The molecular weight excluding hydrogens is 258 g/mol. The average Bonchev–Trinajstić information content (AvgIpc) is 3.08. The van der Waals surface area contributed by atoms with E-state index >= 15 is 0 Å². The van der Waals surface area contributed by atoms with E-state index < -0.39 is 17.6 Å². The fraction of sp³-hybridized carbons (Fsp3) is 0.571. The van der Waals surface area contributed by atoms with Crippen LogP contribution in [0.2, 0.25) is 0 Å². The summed E-state index contributed by atoms with van der Waals surface area (Å²) in [5.74, 6) is -0.844. The van der Waals surface area contributed by atoms with E-state index in [0.29, 0.717) is 17.0 Å². The predicted octanol–water partition coefficient (Wildman–Crippen LogP) is 4.12. The minimum Gasteiger partial charge on any atom is -0.312 e. The number of benzene rings is 1. The molecule has 0 bridgehead atoms. The molecule has 0 saturated heterocycles. The first kappa shape index (κ1) is 14.3. The third kappa shape index (κ3) is 3.69. The fourth-order valence-corrected chi connectivity index (χ4v) is 2.22. The monoisotopic (exact) mass is 275 g/mol. The maximum atomic E-state index is 13.2. The first-order chi connectivity index (χ1) is 8.85. The van der Waals surface area contributed by atoms with Gasteiger partial charge in [0.15, 0.2) is 0 Å². The van der Waals surface area contributed by atoms with Crippen LogP contribution in [-0.4, -0.2) is 6.54 Å². The number of rotatable bonds is 5. The molecule has 1 aromatic rings. The Bertz CT molecular complexity index is 449. The highest BCUT2D eigenvalue weighted by Crippen LogP contribution is 2.47. The average molecular weight is 275 g/mol. The Morgan fingerprint density at radius 2 is 1.89 bits per heavy atom. The third-order valence-electron chi connectivity index (χ3n) is 3.82. The highest BCUT2D eigenvalue weighted by molar-refractivity contribution is 5.26.